The highest BCUT2D eigenvalue weighted by atomic mass is 16.5. The Balaban J connectivity index is 2.89. The second-order valence-electron chi connectivity index (χ2n) is 4.71. The Bertz CT molecular complexity index is 349. The SMILES string of the molecule is CCC(C)(CO)Nc1ncccc1OC(C)C. The van der Waals surface area contributed by atoms with E-state index in [0.29, 0.717) is 5.82 Å². The number of rotatable bonds is 6. The van der Waals surface area contributed by atoms with Gasteiger partial charge in [-0.25, -0.2) is 4.98 Å². The molecule has 0 spiro atoms. The maximum Gasteiger partial charge on any atom is 0.169 e. The molecule has 0 radical (unpaired) electrons. The molecule has 1 rings (SSSR count). The van der Waals surface area contributed by atoms with Gasteiger partial charge in [0.05, 0.1) is 18.2 Å². The fraction of sp³-hybridized carbons (Fsp3) is 0.615. The molecule has 0 amide bonds. The van der Waals surface area contributed by atoms with Crippen molar-refractivity contribution in [3.8, 4) is 5.75 Å². The van der Waals surface area contributed by atoms with Gasteiger partial charge in [-0.3, -0.25) is 0 Å². The molecular formula is C13H22N2O2. The van der Waals surface area contributed by atoms with Crippen LogP contribution in [0.3, 0.4) is 0 Å². The van der Waals surface area contributed by atoms with Crippen molar-refractivity contribution in [3.63, 3.8) is 0 Å². The van der Waals surface area contributed by atoms with Crippen molar-refractivity contribution in [3.05, 3.63) is 18.3 Å². The van der Waals surface area contributed by atoms with E-state index in [1.807, 2.05) is 39.8 Å². The average Bonchev–Trinajstić information content (AvgIpc) is 2.31. The monoisotopic (exact) mass is 238 g/mol. The summed E-state index contributed by atoms with van der Waals surface area (Å²) >= 11 is 0. The summed E-state index contributed by atoms with van der Waals surface area (Å²) < 4.78 is 5.67. The smallest absolute Gasteiger partial charge is 0.169 e. The summed E-state index contributed by atoms with van der Waals surface area (Å²) in [5, 5.41) is 12.6. The van der Waals surface area contributed by atoms with Crippen LogP contribution in [0.2, 0.25) is 0 Å². The third kappa shape index (κ3) is 3.89. The Hall–Kier alpha value is -1.29. The number of hydrogen-bond donors (Lipinski definition) is 2. The fourth-order valence-corrected chi connectivity index (χ4v) is 1.36. The number of aliphatic hydroxyl groups excluding tert-OH is 1. The molecule has 1 aromatic heterocycles. The first-order valence-electron chi connectivity index (χ1n) is 6.01. The minimum atomic E-state index is -0.372. The van der Waals surface area contributed by atoms with E-state index in [9.17, 15) is 5.11 Å². The highest BCUT2D eigenvalue weighted by molar-refractivity contribution is 5.51. The van der Waals surface area contributed by atoms with Gasteiger partial charge < -0.3 is 15.2 Å². The summed E-state index contributed by atoms with van der Waals surface area (Å²) in [7, 11) is 0. The lowest BCUT2D eigenvalue weighted by Gasteiger charge is -2.28. The number of anilines is 1. The molecule has 1 atom stereocenters. The van der Waals surface area contributed by atoms with Crippen LogP contribution in [-0.2, 0) is 0 Å². The minimum absolute atomic E-state index is 0.0567. The molecule has 1 aromatic rings. The molecule has 0 aromatic carbocycles. The highest BCUT2D eigenvalue weighted by Crippen LogP contribution is 2.26. The molecule has 0 fully saturated rings. The van der Waals surface area contributed by atoms with Crippen LogP contribution in [0.5, 0.6) is 5.75 Å². The normalized spacial score (nSPS) is 14.5. The third-order valence-electron chi connectivity index (χ3n) is 2.68. The van der Waals surface area contributed by atoms with E-state index in [2.05, 4.69) is 10.3 Å². The van der Waals surface area contributed by atoms with Gasteiger partial charge in [0.25, 0.3) is 0 Å². The topological polar surface area (TPSA) is 54.4 Å². The van der Waals surface area contributed by atoms with E-state index in [4.69, 9.17) is 4.74 Å². The lowest BCUT2D eigenvalue weighted by molar-refractivity contribution is 0.215. The zero-order valence-corrected chi connectivity index (χ0v) is 11.0. The molecule has 2 N–H and O–H groups in total. The highest BCUT2D eigenvalue weighted by Gasteiger charge is 2.22. The molecule has 4 heteroatoms. The molecule has 1 unspecified atom stereocenters. The minimum Gasteiger partial charge on any atom is -0.487 e. The summed E-state index contributed by atoms with van der Waals surface area (Å²) in [4.78, 5) is 4.27. The number of aliphatic hydroxyl groups is 1. The van der Waals surface area contributed by atoms with Crippen molar-refractivity contribution >= 4 is 5.82 Å². The Kier molecular flexibility index (Phi) is 4.75. The molecule has 0 bridgehead atoms. The second kappa shape index (κ2) is 5.87. The lowest BCUT2D eigenvalue weighted by Crippen LogP contribution is -2.38. The summed E-state index contributed by atoms with van der Waals surface area (Å²) in [5.41, 5.74) is -0.372. The number of hydrogen-bond acceptors (Lipinski definition) is 4. The van der Waals surface area contributed by atoms with Crippen molar-refractivity contribution in [2.45, 2.75) is 45.8 Å². The molecule has 0 saturated heterocycles. The fourth-order valence-electron chi connectivity index (χ4n) is 1.36. The van der Waals surface area contributed by atoms with Gasteiger partial charge in [0.2, 0.25) is 0 Å². The second-order valence-corrected chi connectivity index (χ2v) is 4.71. The Labute approximate surface area is 103 Å². The van der Waals surface area contributed by atoms with Crippen molar-refractivity contribution in [2.75, 3.05) is 11.9 Å². The van der Waals surface area contributed by atoms with Crippen molar-refractivity contribution in [1.82, 2.24) is 4.98 Å². The third-order valence-corrected chi connectivity index (χ3v) is 2.68. The number of pyridine rings is 1. The number of nitrogens with zero attached hydrogens (tertiary/aromatic N) is 1. The number of aromatic nitrogens is 1. The number of nitrogens with one attached hydrogen (secondary N) is 1. The zero-order valence-electron chi connectivity index (χ0n) is 11.0. The molecule has 0 aliphatic rings. The van der Waals surface area contributed by atoms with Crippen LogP contribution in [0, 0.1) is 0 Å². The van der Waals surface area contributed by atoms with Gasteiger partial charge in [0, 0.05) is 6.20 Å². The predicted octanol–water partition coefficient (Wildman–Crippen LogP) is 2.44. The van der Waals surface area contributed by atoms with Gasteiger partial charge in [-0.15, -0.1) is 0 Å². The Morgan fingerprint density at radius 2 is 2.24 bits per heavy atom. The maximum atomic E-state index is 9.39. The van der Waals surface area contributed by atoms with Crippen LogP contribution in [0.25, 0.3) is 0 Å². The molecule has 1 heterocycles. The molecular weight excluding hydrogens is 216 g/mol. The van der Waals surface area contributed by atoms with Crippen molar-refractivity contribution < 1.29 is 9.84 Å². The zero-order chi connectivity index (χ0) is 12.9. The lowest BCUT2D eigenvalue weighted by atomic mass is 10.0. The van der Waals surface area contributed by atoms with Crippen LogP contribution in [0.1, 0.15) is 34.1 Å². The summed E-state index contributed by atoms with van der Waals surface area (Å²) in [6, 6.07) is 3.72. The predicted molar refractivity (Wildman–Crippen MR) is 69.4 cm³/mol. The van der Waals surface area contributed by atoms with Crippen LogP contribution >= 0.6 is 0 Å². The van der Waals surface area contributed by atoms with E-state index in [1.54, 1.807) is 6.20 Å². The maximum absolute atomic E-state index is 9.39. The number of ether oxygens (including phenoxy) is 1. The molecule has 0 aliphatic carbocycles. The van der Waals surface area contributed by atoms with Gasteiger partial charge in [0.15, 0.2) is 11.6 Å². The summed E-state index contributed by atoms with van der Waals surface area (Å²) in [6.45, 7) is 7.99. The summed E-state index contributed by atoms with van der Waals surface area (Å²) in [6.07, 6.45) is 2.62. The van der Waals surface area contributed by atoms with Crippen LogP contribution < -0.4 is 10.1 Å². The van der Waals surface area contributed by atoms with Gasteiger partial charge in [-0.05, 0) is 39.3 Å². The van der Waals surface area contributed by atoms with E-state index < -0.39 is 0 Å². The van der Waals surface area contributed by atoms with Crippen molar-refractivity contribution in [2.24, 2.45) is 0 Å². The molecule has 17 heavy (non-hydrogen) atoms. The van der Waals surface area contributed by atoms with Crippen LogP contribution in [0.15, 0.2) is 18.3 Å². The van der Waals surface area contributed by atoms with E-state index in [-0.39, 0.29) is 18.2 Å². The standard InChI is InChI=1S/C13H22N2O2/c1-5-13(4,9-16)15-12-11(17-10(2)3)7-6-8-14-12/h6-8,10,16H,5,9H2,1-4H3,(H,14,15). The van der Waals surface area contributed by atoms with Crippen molar-refractivity contribution in [1.29, 1.82) is 0 Å². The van der Waals surface area contributed by atoms with Gasteiger partial charge in [-0.1, -0.05) is 6.92 Å². The Morgan fingerprint density at radius 1 is 1.53 bits per heavy atom. The Morgan fingerprint density at radius 3 is 2.76 bits per heavy atom. The quantitative estimate of drug-likeness (QED) is 0.799. The van der Waals surface area contributed by atoms with E-state index in [0.717, 1.165) is 12.2 Å². The summed E-state index contributed by atoms with van der Waals surface area (Å²) in [5.74, 6) is 1.40. The molecule has 96 valence electrons. The first-order chi connectivity index (χ1) is 8.00. The van der Waals surface area contributed by atoms with Gasteiger partial charge in [0.1, 0.15) is 0 Å². The van der Waals surface area contributed by atoms with E-state index >= 15 is 0 Å². The molecule has 4 nitrogen and oxygen atoms in total. The molecule has 0 saturated carbocycles. The van der Waals surface area contributed by atoms with E-state index in [1.165, 1.54) is 0 Å². The molecule has 0 aliphatic heterocycles. The van der Waals surface area contributed by atoms with Gasteiger partial charge in [-0.2, -0.15) is 0 Å². The average molecular weight is 238 g/mol. The van der Waals surface area contributed by atoms with Crippen LogP contribution in [-0.4, -0.2) is 28.3 Å². The first kappa shape index (κ1) is 13.8. The van der Waals surface area contributed by atoms with Crippen LogP contribution in [0.4, 0.5) is 5.82 Å². The first-order valence-corrected chi connectivity index (χ1v) is 6.01. The van der Waals surface area contributed by atoms with Gasteiger partial charge >= 0.3 is 0 Å². The largest absolute Gasteiger partial charge is 0.487 e.